The lowest BCUT2D eigenvalue weighted by molar-refractivity contribution is -0.131. The van der Waals surface area contributed by atoms with E-state index in [1.54, 1.807) is 6.08 Å². The Morgan fingerprint density at radius 3 is 2.63 bits per heavy atom. The van der Waals surface area contributed by atoms with Crippen LogP contribution in [0.4, 0.5) is 0 Å². The number of hydrogen-bond donors (Lipinski definition) is 1. The van der Waals surface area contributed by atoms with E-state index in [1.807, 2.05) is 29.2 Å². The van der Waals surface area contributed by atoms with E-state index < -0.39 is 0 Å². The molecular formula is C23H21N3O. The molecule has 1 aliphatic heterocycles. The van der Waals surface area contributed by atoms with Crippen LogP contribution in [0, 0.1) is 17.8 Å². The maximum absolute atomic E-state index is 12.4. The van der Waals surface area contributed by atoms with Crippen LogP contribution in [-0.4, -0.2) is 23.0 Å². The molecular weight excluding hydrogens is 334 g/mol. The highest BCUT2D eigenvalue weighted by atomic mass is 16.2. The fourth-order valence-corrected chi connectivity index (χ4v) is 3.18. The van der Waals surface area contributed by atoms with E-state index in [4.69, 9.17) is 11.8 Å². The van der Waals surface area contributed by atoms with Crippen LogP contribution in [0.1, 0.15) is 36.0 Å². The highest BCUT2D eigenvalue weighted by molar-refractivity contribution is 5.77. The monoisotopic (exact) mass is 355 g/mol. The van der Waals surface area contributed by atoms with Gasteiger partial charge in [-0.3, -0.25) is 10.2 Å². The van der Waals surface area contributed by atoms with Crippen LogP contribution in [0.25, 0.3) is 11.1 Å². The Balaban J connectivity index is 1.61. The number of nitrogens with zero attached hydrogens (tertiary/aromatic N) is 2. The second-order valence-electron chi connectivity index (χ2n) is 6.44. The molecule has 4 nitrogen and oxygen atoms in total. The second-order valence-corrected chi connectivity index (χ2v) is 6.44. The Bertz CT molecular complexity index is 945. The molecule has 0 spiro atoms. The number of nitrogens with one attached hydrogen (secondary N) is 1. The lowest BCUT2D eigenvalue weighted by Crippen LogP contribution is -2.24. The number of rotatable bonds is 6. The molecule has 0 fully saturated rings. The number of benzene rings is 2. The van der Waals surface area contributed by atoms with Gasteiger partial charge < -0.3 is 4.90 Å². The number of aliphatic imine (C=N–C) groups is 1. The Hall–Kier alpha value is -3.41. The van der Waals surface area contributed by atoms with E-state index >= 15 is 0 Å². The molecule has 0 saturated heterocycles. The molecule has 4 heteroatoms. The maximum atomic E-state index is 12.4. The van der Waals surface area contributed by atoms with Crippen molar-refractivity contribution in [2.45, 2.75) is 32.4 Å². The number of terminal acetylenes is 1. The van der Waals surface area contributed by atoms with Gasteiger partial charge in [-0.05, 0) is 65.2 Å². The molecule has 3 rings (SSSR count). The predicted octanol–water partition coefficient (Wildman–Crippen LogP) is 4.18. The number of amides is 1. The molecule has 1 heterocycles. The molecule has 2 aromatic carbocycles. The van der Waals surface area contributed by atoms with Crippen LogP contribution in [0.5, 0.6) is 0 Å². The van der Waals surface area contributed by atoms with E-state index in [9.17, 15) is 4.79 Å². The number of hydrogen-bond acceptors (Lipinski definition) is 2. The topological polar surface area (TPSA) is 56.5 Å². The second kappa shape index (κ2) is 8.80. The third-order valence-electron chi connectivity index (χ3n) is 4.64. The van der Waals surface area contributed by atoms with Crippen molar-refractivity contribution in [3.63, 3.8) is 0 Å². The lowest BCUT2D eigenvalue weighted by atomic mass is 10.00. The zero-order chi connectivity index (χ0) is 19.1. The van der Waals surface area contributed by atoms with Crippen molar-refractivity contribution in [2.75, 3.05) is 0 Å². The summed E-state index contributed by atoms with van der Waals surface area (Å²) in [5, 5.41) is 6.77. The average Bonchev–Trinajstić information content (AvgIpc) is 3.14. The number of carbonyl (C=O) groups excluding carboxylic acids is 1. The van der Waals surface area contributed by atoms with Crippen molar-refractivity contribution in [3.8, 4) is 23.5 Å². The number of fused-ring (bicyclic) bond motifs is 1. The highest BCUT2D eigenvalue weighted by Gasteiger charge is 2.23. The third-order valence-corrected chi connectivity index (χ3v) is 4.64. The summed E-state index contributed by atoms with van der Waals surface area (Å²) in [4.78, 5) is 17.9. The summed E-state index contributed by atoms with van der Waals surface area (Å²) in [7, 11) is 0. The molecule has 0 saturated carbocycles. The first kappa shape index (κ1) is 18.4. The molecule has 0 atom stereocenters. The molecule has 0 unspecified atom stereocenters. The Labute approximate surface area is 159 Å². The fraction of sp³-hybridized carbons (Fsp3) is 0.217. The van der Waals surface area contributed by atoms with E-state index in [0.29, 0.717) is 19.5 Å². The van der Waals surface area contributed by atoms with Crippen LogP contribution < -0.4 is 0 Å². The van der Waals surface area contributed by atoms with E-state index in [-0.39, 0.29) is 5.91 Å². The minimum atomic E-state index is 0.170. The predicted molar refractivity (Wildman–Crippen MR) is 109 cm³/mol. The standard InChI is InChI=1S/C23H21N3O/c1-2-18-7-9-19(10-8-18)20-11-12-21-15-26(16-22(21)14-20)23(27)6-4-3-5-13-25-17-24/h1,5,7-12,14,17,24H,3-4,6,15-16H2. The molecule has 1 aliphatic rings. The number of allylic oxidation sites excluding steroid dienone is 1. The van der Waals surface area contributed by atoms with E-state index in [1.165, 1.54) is 11.1 Å². The Kier molecular flexibility index (Phi) is 5.99. The SMILES string of the molecule is C#Cc1ccc(-c2ccc3c(c2)CN(C(=O)CCCC=C=NC=N)C3)cc1. The lowest BCUT2D eigenvalue weighted by Gasteiger charge is -2.14. The van der Waals surface area contributed by atoms with Gasteiger partial charge in [0, 0.05) is 25.1 Å². The fourth-order valence-electron chi connectivity index (χ4n) is 3.18. The largest absolute Gasteiger partial charge is 0.334 e. The summed E-state index contributed by atoms with van der Waals surface area (Å²) >= 11 is 0. The van der Waals surface area contributed by atoms with Gasteiger partial charge >= 0.3 is 0 Å². The zero-order valence-electron chi connectivity index (χ0n) is 15.1. The van der Waals surface area contributed by atoms with Crippen molar-refractivity contribution in [2.24, 2.45) is 4.99 Å². The van der Waals surface area contributed by atoms with Crippen LogP contribution in [-0.2, 0) is 17.9 Å². The minimum absolute atomic E-state index is 0.170. The molecule has 134 valence electrons. The van der Waals surface area contributed by atoms with Crippen LogP contribution in [0.15, 0.2) is 53.5 Å². The molecule has 27 heavy (non-hydrogen) atoms. The highest BCUT2D eigenvalue weighted by Crippen LogP contribution is 2.29. The summed E-state index contributed by atoms with van der Waals surface area (Å²) in [6.45, 7) is 1.34. The molecule has 1 amide bonds. The van der Waals surface area contributed by atoms with E-state index in [0.717, 1.165) is 35.9 Å². The molecule has 1 N–H and O–H groups in total. The van der Waals surface area contributed by atoms with Gasteiger partial charge in [-0.2, -0.15) is 4.99 Å². The molecule has 2 aromatic rings. The summed E-state index contributed by atoms with van der Waals surface area (Å²) < 4.78 is 0. The van der Waals surface area contributed by atoms with E-state index in [2.05, 4.69) is 35.0 Å². The van der Waals surface area contributed by atoms with Gasteiger partial charge in [0.1, 0.15) is 6.34 Å². The van der Waals surface area contributed by atoms with Gasteiger partial charge in [-0.1, -0.05) is 30.2 Å². The van der Waals surface area contributed by atoms with Crippen LogP contribution >= 0.6 is 0 Å². The molecule has 0 aliphatic carbocycles. The van der Waals surface area contributed by atoms with Crippen molar-refractivity contribution < 1.29 is 4.79 Å². The zero-order valence-corrected chi connectivity index (χ0v) is 15.1. The smallest absolute Gasteiger partial charge is 0.223 e. The molecule has 0 aromatic heterocycles. The van der Waals surface area contributed by atoms with Crippen molar-refractivity contribution in [3.05, 3.63) is 65.2 Å². The summed E-state index contributed by atoms with van der Waals surface area (Å²) in [5.74, 6) is 5.44. The van der Waals surface area contributed by atoms with Gasteiger partial charge in [-0.15, -0.1) is 6.42 Å². The van der Waals surface area contributed by atoms with Crippen molar-refractivity contribution in [1.29, 1.82) is 5.41 Å². The Morgan fingerprint density at radius 2 is 1.89 bits per heavy atom. The van der Waals surface area contributed by atoms with Gasteiger partial charge in [0.15, 0.2) is 0 Å². The first-order valence-corrected chi connectivity index (χ1v) is 8.94. The molecule has 0 bridgehead atoms. The van der Waals surface area contributed by atoms with Crippen molar-refractivity contribution >= 4 is 18.1 Å². The maximum Gasteiger partial charge on any atom is 0.223 e. The van der Waals surface area contributed by atoms with Gasteiger partial charge in [0.05, 0.1) is 0 Å². The average molecular weight is 355 g/mol. The van der Waals surface area contributed by atoms with Crippen LogP contribution in [0.2, 0.25) is 0 Å². The molecule has 0 radical (unpaired) electrons. The number of carbonyl (C=O) groups is 1. The quantitative estimate of drug-likeness (QED) is 0.359. The number of unbranched alkanes of at least 4 members (excludes halogenated alkanes) is 1. The Morgan fingerprint density at radius 1 is 1.15 bits per heavy atom. The van der Waals surface area contributed by atoms with Crippen molar-refractivity contribution in [1.82, 2.24) is 4.90 Å². The first-order valence-electron chi connectivity index (χ1n) is 8.94. The minimum Gasteiger partial charge on any atom is -0.334 e. The summed E-state index contributed by atoms with van der Waals surface area (Å²) in [6.07, 6.45) is 10.1. The van der Waals surface area contributed by atoms with Gasteiger partial charge in [0.25, 0.3) is 0 Å². The normalized spacial score (nSPS) is 11.9. The summed E-state index contributed by atoms with van der Waals surface area (Å²) in [6, 6.07) is 14.3. The van der Waals surface area contributed by atoms with Gasteiger partial charge in [0.2, 0.25) is 5.91 Å². The first-order chi connectivity index (χ1) is 13.2. The summed E-state index contributed by atoms with van der Waals surface area (Å²) in [5.41, 5.74) is 5.56. The van der Waals surface area contributed by atoms with Crippen LogP contribution in [0.3, 0.4) is 0 Å². The van der Waals surface area contributed by atoms with Gasteiger partial charge in [-0.25, -0.2) is 0 Å². The third kappa shape index (κ3) is 4.61.